The van der Waals surface area contributed by atoms with Crippen LogP contribution in [-0.4, -0.2) is 5.11 Å². The van der Waals surface area contributed by atoms with Gasteiger partial charge >= 0.3 is 6.18 Å². The van der Waals surface area contributed by atoms with Gasteiger partial charge in [-0.1, -0.05) is 19.9 Å². The Hall–Kier alpha value is -1.10. The monoisotopic (exact) mass is 264 g/mol. The zero-order chi connectivity index (χ0) is 13.9. The van der Waals surface area contributed by atoms with E-state index in [1.165, 1.54) is 0 Å². The van der Waals surface area contributed by atoms with Gasteiger partial charge in [0.15, 0.2) is 0 Å². The van der Waals surface area contributed by atoms with Gasteiger partial charge < -0.3 is 5.11 Å². The number of alkyl halides is 3. The second-order valence-corrected chi connectivity index (χ2v) is 4.72. The van der Waals surface area contributed by atoms with E-state index in [0.717, 1.165) is 18.6 Å². The van der Waals surface area contributed by atoms with Crippen molar-refractivity contribution in [2.75, 3.05) is 0 Å². The van der Waals surface area contributed by atoms with Gasteiger partial charge in [0.1, 0.15) is 5.82 Å². The van der Waals surface area contributed by atoms with E-state index >= 15 is 0 Å². The summed E-state index contributed by atoms with van der Waals surface area (Å²) in [5.41, 5.74) is -1.12. The average Bonchev–Trinajstić information content (AvgIpc) is 2.23. The number of rotatable bonds is 4. The van der Waals surface area contributed by atoms with Crippen molar-refractivity contribution in [2.24, 2.45) is 5.92 Å². The van der Waals surface area contributed by atoms with E-state index in [-0.39, 0.29) is 5.56 Å². The summed E-state index contributed by atoms with van der Waals surface area (Å²) in [5.74, 6) is -0.970. The number of halogens is 4. The quantitative estimate of drug-likeness (QED) is 0.803. The van der Waals surface area contributed by atoms with Gasteiger partial charge in [-0.2, -0.15) is 13.2 Å². The molecule has 1 nitrogen and oxygen atoms in total. The van der Waals surface area contributed by atoms with Crippen molar-refractivity contribution in [3.63, 3.8) is 0 Å². The van der Waals surface area contributed by atoms with Gasteiger partial charge in [-0.3, -0.25) is 0 Å². The molecule has 1 N–H and O–H groups in total. The number of aliphatic hydroxyl groups is 1. The molecule has 1 unspecified atom stereocenters. The van der Waals surface area contributed by atoms with Gasteiger partial charge in [0.25, 0.3) is 0 Å². The predicted octanol–water partition coefficient (Wildman–Crippen LogP) is 4.31. The summed E-state index contributed by atoms with van der Waals surface area (Å²) in [4.78, 5) is 0. The van der Waals surface area contributed by atoms with E-state index in [1.807, 2.05) is 13.8 Å². The minimum atomic E-state index is -4.70. The highest BCUT2D eigenvalue weighted by molar-refractivity contribution is 5.27. The third-order valence-corrected chi connectivity index (χ3v) is 2.70. The molecule has 18 heavy (non-hydrogen) atoms. The Balaban J connectivity index is 2.84. The van der Waals surface area contributed by atoms with Crippen LogP contribution >= 0.6 is 0 Å². The zero-order valence-corrected chi connectivity index (χ0v) is 10.3. The van der Waals surface area contributed by atoms with E-state index in [4.69, 9.17) is 0 Å². The molecule has 0 fully saturated rings. The largest absolute Gasteiger partial charge is 0.419 e. The van der Waals surface area contributed by atoms with E-state index in [0.29, 0.717) is 18.4 Å². The Bertz CT molecular complexity index is 398. The van der Waals surface area contributed by atoms with Gasteiger partial charge in [0.05, 0.1) is 11.7 Å². The molecule has 0 aliphatic rings. The van der Waals surface area contributed by atoms with Gasteiger partial charge in [-0.25, -0.2) is 4.39 Å². The highest BCUT2D eigenvalue weighted by atomic mass is 19.4. The highest BCUT2D eigenvalue weighted by Gasteiger charge is 2.34. The summed E-state index contributed by atoms with van der Waals surface area (Å²) in [6, 6.07) is 2.55. The molecule has 0 spiro atoms. The second-order valence-electron chi connectivity index (χ2n) is 4.72. The highest BCUT2D eigenvalue weighted by Crippen LogP contribution is 2.33. The molecule has 0 saturated carbocycles. The number of aliphatic hydroxyl groups excluding tert-OH is 1. The first-order valence-electron chi connectivity index (χ1n) is 5.76. The Kier molecular flexibility index (Phi) is 4.73. The van der Waals surface area contributed by atoms with E-state index in [9.17, 15) is 22.7 Å². The smallest absolute Gasteiger partial charge is 0.388 e. The van der Waals surface area contributed by atoms with Gasteiger partial charge in [-0.05, 0) is 36.5 Å². The molecule has 0 heterocycles. The van der Waals surface area contributed by atoms with E-state index in [1.54, 1.807) is 0 Å². The Morgan fingerprint density at radius 2 is 1.78 bits per heavy atom. The van der Waals surface area contributed by atoms with Crippen LogP contribution in [0.2, 0.25) is 0 Å². The Labute approximate surface area is 103 Å². The first-order valence-corrected chi connectivity index (χ1v) is 5.76. The minimum absolute atomic E-state index is 0.182. The van der Waals surface area contributed by atoms with Gasteiger partial charge in [-0.15, -0.1) is 0 Å². The average molecular weight is 264 g/mol. The first kappa shape index (κ1) is 15.0. The molecule has 1 rings (SSSR count). The maximum absolute atomic E-state index is 13.3. The van der Waals surface area contributed by atoms with Crippen molar-refractivity contribution in [2.45, 2.75) is 39.0 Å². The molecule has 1 atom stereocenters. The molecule has 0 aromatic heterocycles. The van der Waals surface area contributed by atoms with Crippen LogP contribution in [0.4, 0.5) is 17.6 Å². The molecule has 1 aromatic carbocycles. The van der Waals surface area contributed by atoms with Crippen LogP contribution in [0.5, 0.6) is 0 Å². The lowest BCUT2D eigenvalue weighted by molar-refractivity contribution is -0.140. The standard InChI is InChI=1S/C13H16F4O/c1-8(2)3-6-12(18)9-4-5-10(11(14)7-9)13(15,16)17/h4-5,7-8,12,18H,3,6H2,1-2H3. The molecular weight excluding hydrogens is 248 g/mol. The van der Waals surface area contributed by atoms with E-state index in [2.05, 4.69) is 0 Å². The van der Waals surface area contributed by atoms with Gasteiger partial charge in [0.2, 0.25) is 0 Å². The normalized spacial score (nSPS) is 14.0. The van der Waals surface area contributed by atoms with Crippen molar-refractivity contribution in [1.29, 1.82) is 0 Å². The summed E-state index contributed by atoms with van der Waals surface area (Å²) in [6.45, 7) is 3.94. The summed E-state index contributed by atoms with van der Waals surface area (Å²) in [7, 11) is 0. The Morgan fingerprint density at radius 1 is 1.17 bits per heavy atom. The third-order valence-electron chi connectivity index (χ3n) is 2.70. The molecule has 0 radical (unpaired) electrons. The van der Waals surface area contributed by atoms with Crippen LogP contribution < -0.4 is 0 Å². The number of hydrogen-bond donors (Lipinski definition) is 1. The first-order chi connectivity index (χ1) is 8.21. The molecule has 0 saturated heterocycles. The van der Waals surface area contributed by atoms with Gasteiger partial charge in [0, 0.05) is 0 Å². The fraction of sp³-hybridized carbons (Fsp3) is 0.538. The summed E-state index contributed by atoms with van der Waals surface area (Å²) in [5, 5.41) is 9.74. The molecule has 0 amide bonds. The molecule has 0 aliphatic carbocycles. The fourth-order valence-corrected chi connectivity index (χ4v) is 1.63. The van der Waals surface area contributed by atoms with Crippen LogP contribution in [0, 0.1) is 11.7 Å². The van der Waals surface area contributed by atoms with Crippen molar-refractivity contribution in [3.8, 4) is 0 Å². The number of benzene rings is 1. The molecule has 1 aromatic rings. The maximum Gasteiger partial charge on any atom is 0.419 e. The maximum atomic E-state index is 13.3. The fourth-order valence-electron chi connectivity index (χ4n) is 1.63. The van der Waals surface area contributed by atoms with Crippen LogP contribution in [0.25, 0.3) is 0 Å². The predicted molar refractivity (Wildman–Crippen MR) is 60.4 cm³/mol. The van der Waals surface area contributed by atoms with Crippen molar-refractivity contribution >= 4 is 0 Å². The van der Waals surface area contributed by atoms with Crippen LogP contribution in [0.3, 0.4) is 0 Å². The Morgan fingerprint density at radius 3 is 2.22 bits per heavy atom. The summed E-state index contributed by atoms with van der Waals surface area (Å²) >= 11 is 0. The molecule has 102 valence electrons. The lowest BCUT2D eigenvalue weighted by atomic mass is 9.99. The van der Waals surface area contributed by atoms with Crippen LogP contribution in [0.1, 0.15) is 43.9 Å². The lowest BCUT2D eigenvalue weighted by Crippen LogP contribution is -2.09. The summed E-state index contributed by atoms with van der Waals surface area (Å²) in [6.07, 6.45) is -4.50. The molecule has 0 aliphatic heterocycles. The molecule has 0 bridgehead atoms. The van der Waals surface area contributed by atoms with E-state index < -0.39 is 23.7 Å². The van der Waals surface area contributed by atoms with Crippen LogP contribution in [-0.2, 0) is 6.18 Å². The zero-order valence-electron chi connectivity index (χ0n) is 10.3. The van der Waals surface area contributed by atoms with Crippen molar-refractivity contribution in [1.82, 2.24) is 0 Å². The third kappa shape index (κ3) is 3.98. The van der Waals surface area contributed by atoms with Crippen molar-refractivity contribution in [3.05, 3.63) is 35.1 Å². The second kappa shape index (κ2) is 5.69. The number of hydrogen-bond acceptors (Lipinski definition) is 1. The SMILES string of the molecule is CC(C)CCC(O)c1ccc(C(F)(F)F)c(F)c1. The summed E-state index contributed by atoms with van der Waals surface area (Å²) < 4.78 is 50.3. The van der Waals surface area contributed by atoms with Crippen molar-refractivity contribution < 1.29 is 22.7 Å². The minimum Gasteiger partial charge on any atom is -0.388 e. The molecule has 5 heteroatoms. The van der Waals surface area contributed by atoms with Crippen LogP contribution in [0.15, 0.2) is 18.2 Å². The topological polar surface area (TPSA) is 20.2 Å². The lowest BCUT2D eigenvalue weighted by Gasteiger charge is -2.14. The molecular formula is C13H16F4O.